The van der Waals surface area contributed by atoms with Crippen LogP contribution < -0.4 is 24.9 Å². The van der Waals surface area contributed by atoms with Crippen molar-refractivity contribution in [1.29, 1.82) is 0 Å². The summed E-state index contributed by atoms with van der Waals surface area (Å²) in [5, 5.41) is 4.01. The van der Waals surface area contributed by atoms with E-state index in [1.165, 1.54) is 11.3 Å². The number of thiazole rings is 1. The number of fused-ring (bicyclic) bond motifs is 2. The Balaban J connectivity index is 1.44. The highest BCUT2D eigenvalue weighted by Crippen LogP contribution is 2.33. The molecule has 44 heavy (non-hydrogen) atoms. The number of ether oxygens (including phenoxy) is 1. The van der Waals surface area contributed by atoms with Crippen LogP contribution >= 0.6 is 11.3 Å². The second-order valence-electron chi connectivity index (χ2n) is 10.5. The van der Waals surface area contributed by atoms with E-state index < -0.39 is 6.04 Å². The first-order valence-corrected chi connectivity index (χ1v) is 15.0. The average molecular weight is 597 g/mol. The number of nitrogens with zero attached hydrogens (tertiary/aromatic N) is 2. The minimum absolute atomic E-state index is 0.219. The number of carbonyl (C=O) groups is 1. The first-order valence-electron chi connectivity index (χ1n) is 14.2. The van der Waals surface area contributed by atoms with Crippen LogP contribution in [0.1, 0.15) is 24.1 Å². The van der Waals surface area contributed by atoms with Crippen LogP contribution in [0.15, 0.2) is 130 Å². The number of anilines is 1. The quantitative estimate of drug-likeness (QED) is 0.246. The maximum absolute atomic E-state index is 14.4. The SMILES string of the molecule is COc1cccc([C@@H]2C(C(=O)Nc3ccccc3)=C(C)N=c3s/c(=C\c4c(-c5ccccc5)[nH]c5ccccc45)c(=O)n32)c1. The van der Waals surface area contributed by atoms with Crippen LogP contribution in [0.2, 0.25) is 0 Å². The number of H-pyrrole nitrogens is 1. The van der Waals surface area contributed by atoms with Gasteiger partial charge in [0.2, 0.25) is 0 Å². The summed E-state index contributed by atoms with van der Waals surface area (Å²) in [6, 6.07) is 34.2. The Bertz CT molecular complexity index is 2250. The third kappa shape index (κ3) is 4.85. The van der Waals surface area contributed by atoms with Gasteiger partial charge in [0.15, 0.2) is 4.80 Å². The van der Waals surface area contributed by atoms with E-state index in [9.17, 15) is 9.59 Å². The highest BCUT2D eigenvalue weighted by Gasteiger charge is 2.33. The van der Waals surface area contributed by atoms with Gasteiger partial charge in [-0.15, -0.1) is 0 Å². The van der Waals surface area contributed by atoms with E-state index in [1.54, 1.807) is 11.7 Å². The van der Waals surface area contributed by atoms with E-state index in [2.05, 4.69) is 16.4 Å². The molecular formula is C36H28N4O3S. The van der Waals surface area contributed by atoms with Gasteiger partial charge in [-0.1, -0.05) is 90.2 Å². The fourth-order valence-corrected chi connectivity index (χ4v) is 6.76. The fourth-order valence-electron chi connectivity index (χ4n) is 5.74. The van der Waals surface area contributed by atoms with Gasteiger partial charge in [0, 0.05) is 22.2 Å². The van der Waals surface area contributed by atoms with Gasteiger partial charge in [0.25, 0.3) is 11.5 Å². The molecule has 1 amide bonds. The van der Waals surface area contributed by atoms with Gasteiger partial charge in [0.1, 0.15) is 5.75 Å². The second-order valence-corrected chi connectivity index (χ2v) is 11.5. The molecule has 1 atom stereocenters. The summed E-state index contributed by atoms with van der Waals surface area (Å²) in [6.45, 7) is 1.82. The van der Waals surface area contributed by atoms with Crippen LogP contribution in [-0.4, -0.2) is 22.6 Å². The average Bonchev–Trinajstić information content (AvgIpc) is 3.58. The van der Waals surface area contributed by atoms with Crippen molar-refractivity contribution in [3.05, 3.63) is 151 Å². The molecule has 0 aliphatic carbocycles. The molecule has 0 fully saturated rings. The summed E-state index contributed by atoms with van der Waals surface area (Å²) in [7, 11) is 1.60. The lowest BCUT2D eigenvalue weighted by Crippen LogP contribution is -2.40. The summed E-state index contributed by atoms with van der Waals surface area (Å²) >= 11 is 1.32. The molecule has 1 aliphatic rings. The number of amides is 1. The lowest BCUT2D eigenvalue weighted by atomic mass is 9.95. The van der Waals surface area contributed by atoms with Gasteiger partial charge < -0.3 is 15.0 Å². The summed E-state index contributed by atoms with van der Waals surface area (Å²) in [4.78, 5) is 37.1. The number of benzene rings is 4. The Hall–Kier alpha value is -5.47. The zero-order valence-electron chi connectivity index (χ0n) is 24.1. The molecule has 6 aromatic rings. The Labute approximate surface area is 257 Å². The van der Waals surface area contributed by atoms with Crippen molar-refractivity contribution in [3.8, 4) is 17.0 Å². The highest BCUT2D eigenvalue weighted by molar-refractivity contribution is 7.07. The minimum atomic E-state index is -0.705. The molecule has 0 unspecified atom stereocenters. The van der Waals surface area contributed by atoms with Crippen molar-refractivity contribution in [2.75, 3.05) is 12.4 Å². The predicted octanol–water partition coefficient (Wildman–Crippen LogP) is 6.03. The monoisotopic (exact) mass is 596 g/mol. The van der Waals surface area contributed by atoms with E-state index >= 15 is 0 Å². The zero-order chi connectivity index (χ0) is 30.2. The lowest BCUT2D eigenvalue weighted by Gasteiger charge is -2.25. The van der Waals surface area contributed by atoms with E-state index in [0.717, 1.165) is 33.3 Å². The molecule has 0 bridgehead atoms. The molecular weight excluding hydrogens is 568 g/mol. The van der Waals surface area contributed by atoms with Crippen molar-refractivity contribution in [2.45, 2.75) is 13.0 Å². The zero-order valence-corrected chi connectivity index (χ0v) is 24.9. The van der Waals surface area contributed by atoms with Gasteiger partial charge in [0.05, 0.1) is 34.6 Å². The number of aromatic amines is 1. The Kier molecular flexibility index (Phi) is 7.04. The van der Waals surface area contributed by atoms with Crippen molar-refractivity contribution in [1.82, 2.24) is 9.55 Å². The Morgan fingerprint density at radius 3 is 2.45 bits per heavy atom. The molecule has 7 nitrogen and oxygen atoms in total. The summed E-state index contributed by atoms with van der Waals surface area (Å²) in [5.74, 6) is 0.316. The van der Waals surface area contributed by atoms with Crippen molar-refractivity contribution >= 4 is 39.9 Å². The van der Waals surface area contributed by atoms with Gasteiger partial charge in [-0.2, -0.15) is 0 Å². The molecule has 0 radical (unpaired) electrons. The van der Waals surface area contributed by atoms with E-state index in [4.69, 9.17) is 9.73 Å². The van der Waals surface area contributed by atoms with Crippen LogP contribution in [0.5, 0.6) is 5.75 Å². The number of nitrogens with one attached hydrogen (secondary N) is 2. The van der Waals surface area contributed by atoms with Crippen molar-refractivity contribution in [2.24, 2.45) is 4.99 Å². The molecule has 4 aromatic carbocycles. The number of rotatable bonds is 6. The summed E-state index contributed by atoms with van der Waals surface area (Å²) < 4.78 is 7.68. The number of para-hydroxylation sites is 2. The molecule has 0 saturated carbocycles. The fraction of sp³-hybridized carbons (Fsp3) is 0.0833. The van der Waals surface area contributed by atoms with Crippen molar-refractivity contribution in [3.63, 3.8) is 0 Å². The highest BCUT2D eigenvalue weighted by atomic mass is 32.1. The third-order valence-electron chi connectivity index (χ3n) is 7.79. The second kappa shape index (κ2) is 11.3. The van der Waals surface area contributed by atoms with Crippen molar-refractivity contribution < 1.29 is 9.53 Å². The maximum Gasteiger partial charge on any atom is 0.271 e. The Morgan fingerprint density at radius 2 is 1.68 bits per heavy atom. The van der Waals surface area contributed by atoms with E-state index in [-0.39, 0.29) is 11.5 Å². The maximum atomic E-state index is 14.4. The van der Waals surface area contributed by atoms with Gasteiger partial charge in [-0.05, 0) is 54.5 Å². The van der Waals surface area contributed by atoms with E-state index in [0.29, 0.717) is 32.0 Å². The molecule has 7 rings (SSSR count). The molecule has 2 N–H and O–H groups in total. The summed E-state index contributed by atoms with van der Waals surface area (Å²) in [5.41, 5.74) is 6.00. The molecule has 3 heterocycles. The predicted molar refractivity (Wildman–Crippen MR) is 176 cm³/mol. The third-order valence-corrected chi connectivity index (χ3v) is 8.77. The smallest absolute Gasteiger partial charge is 0.271 e. The normalized spacial score (nSPS) is 14.8. The molecule has 0 saturated heterocycles. The van der Waals surface area contributed by atoms with Gasteiger partial charge in [-0.25, -0.2) is 4.99 Å². The molecule has 1 aliphatic heterocycles. The number of aromatic nitrogens is 2. The van der Waals surface area contributed by atoms with Crippen LogP contribution in [0.4, 0.5) is 5.69 Å². The molecule has 2 aromatic heterocycles. The van der Waals surface area contributed by atoms with Crippen LogP contribution in [0.3, 0.4) is 0 Å². The number of methoxy groups -OCH3 is 1. The van der Waals surface area contributed by atoms with E-state index in [1.807, 2.05) is 116 Å². The van der Waals surface area contributed by atoms with Gasteiger partial charge >= 0.3 is 0 Å². The molecule has 216 valence electrons. The van der Waals surface area contributed by atoms with Crippen LogP contribution in [0, 0.1) is 0 Å². The Morgan fingerprint density at radius 1 is 0.955 bits per heavy atom. The number of allylic oxidation sites excluding steroid dienone is 1. The first-order chi connectivity index (χ1) is 21.5. The largest absolute Gasteiger partial charge is 0.497 e. The van der Waals surface area contributed by atoms with Crippen LogP contribution in [0.25, 0.3) is 28.2 Å². The number of hydrogen-bond acceptors (Lipinski definition) is 5. The first kappa shape index (κ1) is 27.4. The van der Waals surface area contributed by atoms with Crippen LogP contribution in [-0.2, 0) is 4.79 Å². The number of carbonyl (C=O) groups excluding carboxylic acids is 1. The summed E-state index contributed by atoms with van der Waals surface area (Å²) in [6.07, 6.45) is 1.94. The van der Waals surface area contributed by atoms with Gasteiger partial charge in [-0.3, -0.25) is 14.2 Å². The molecule has 0 spiro atoms. The topological polar surface area (TPSA) is 88.5 Å². The standard InChI is InChI=1S/C36H28N4O3S/c1-22-31(34(41)38-25-15-7-4-8-16-25)33(24-14-11-17-26(20-24)43-2)40-35(42)30(44-36(40)37-22)21-28-27-18-9-10-19-29(27)39-32(28)23-12-5-3-6-13-23/h3-21,33,39H,1-2H3,(H,38,41)/b30-21-/t33-/m1/s1. The lowest BCUT2D eigenvalue weighted by molar-refractivity contribution is -0.113. The number of hydrogen-bond donors (Lipinski definition) is 2. The minimum Gasteiger partial charge on any atom is -0.497 e. The molecule has 8 heteroatoms.